The Morgan fingerprint density at radius 3 is 2.40 bits per heavy atom. The molecule has 3 heteroatoms. The minimum atomic E-state index is -0.203. The molecule has 0 radical (unpaired) electrons. The van der Waals surface area contributed by atoms with Gasteiger partial charge in [0.2, 0.25) is 0 Å². The fraction of sp³-hybridized carbons (Fsp3) is 0.471. The van der Waals surface area contributed by atoms with Crippen molar-refractivity contribution in [3.05, 3.63) is 42.0 Å². The van der Waals surface area contributed by atoms with Crippen molar-refractivity contribution in [1.82, 2.24) is 0 Å². The number of esters is 1. The summed E-state index contributed by atoms with van der Waals surface area (Å²) in [6.07, 6.45) is 2.09. The van der Waals surface area contributed by atoms with Crippen LogP contribution in [0.5, 0.6) is 0 Å². The third kappa shape index (κ3) is 5.52. The Labute approximate surface area is 128 Å². The van der Waals surface area contributed by atoms with Crippen LogP contribution in [0.25, 0.3) is 0 Å². The SMILES string of the molecule is CCOC(=O)/C(C)=C/[C@@H]([Se]c1ccccc1)C(C)(C)C. The molecule has 1 aromatic carbocycles. The van der Waals surface area contributed by atoms with E-state index in [1.54, 1.807) is 0 Å². The number of carbonyl (C=O) groups is 1. The topological polar surface area (TPSA) is 26.3 Å². The van der Waals surface area contributed by atoms with Gasteiger partial charge in [-0.1, -0.05) is 0 Å². The summed E-state index contributed by atoms with van der Waals surface area (Å²) < 4.78 is 6.42. The van der Waals surface area contributed by atoms with Gasteiger partial charge in [-0.2, -0.15) is 0 Å². The van der Waals surface area contributed by atoms with Crippen LogP contribution in [0.4, 0.5) is 0 Å². The number of ether oxygens (including phenoxy) is 1. The van der Waals surface area contributed by atoms with Gasteiger partial charge in [-0.05, 0) is 0 Å². The Balaban J connectivity index is 2.91. The van der Waals surface area contributed by atoms with Crippen LogP contribution in [-0.2, 0) is 9.53 Å². The molecular formula is C17H24O2Se. The summed E-state index contributed by atoms with van der Waals surface area (Å²) in [6.45, 7) is 10.8. The molecule has 0 aliphatic rings. The van der Waals surface area contributed by atoms with Crippen LogP contribution < -0.4 is 4.46 Å². The molecule has 1 rings (SSSR count). The number of hydrogen-bond donors (Lipinski definition) is 0. The molecule has 0 saturated heterocycles. The summed E-state index contributed by atoms with van der Waals surface area (Å²) in [4.78, 5) is 12.1. The van der Waals surface area contributed by atoms with E-state index in [1.807, 2.05) is 19.9 Å². The van der Waals surface area contributed by atoms with Crippen LogP contribution in [0.1, 0.15) is 34.6 Å². The summed E-state index contributed by atoms with van der Waals surface area (Å²) >= 11 is 0.299. The standard InChI is InChI=1S/C17H24O2Se/c1-6-19-16(18)13(2)12-15(17(3,4)5)20-14-10-8-7-9-11-14/h7-12,15H,6H2,1-5H3/b13-12+/t15-/m1/s1. The molecule has 0 unspecified atom stereocenters. The average molecular weight is 339 g/mol. The van der Waals surface area contributed by atoms with Gasteiger partial charge < -0.3 is 0 Å². The van der Waals surface area contributed by atoms with Crippen LogP contribution in [0.3, 0.4) is 0 Å². The molecular weight excluding hydrogens is 315 g/mol. The summed E-state index contributed by atoms with van der Waals surface area (Å²) in [6, 6.07) is 10.5. The van der Waals surface area contributed by atoms with Gasteiger partial charge in [-0.15, -0.1) is 0 Å². The number of hydrogen-bond acceptors (Lipinski definition) is 2. The molecule has 0 fully saturated rings. The Morgan fingerprint density at radius 2 is 1.90 bits per heavy atom. The molecule has 0 spiro atoms. The second-order valence-electron chi connectivity index (χ2n) is 5.79. The van der Waals surface area contributed by atoms with Crippen LogP contribution >= 0.6 is 0 Å². The van der Waals surface area contributed by atoms with E-state index >= 15 is 0 Å². The number of allylic oxidation sites excluding steroid dienone is 1. The quantitative estimate of drug-likeness (QED) is 0.467. The molecule has 0 amide bonds. The first-order valence-electron chi connectivity index (χ1n) is 6.92. The van der Waals surface area contributed by atoms with Gasteiger partial charge in [0.15, 0.2) is 0 Å². The van der Waals surface area contributed by atoms with Gasteiger partial charge in [0.1, 0.15) is 0 Å². The third-order valence-corrected chi connectivity index (χ3v) is 6.30. The van der Waals surface area contributed by atoms with Crippen molar-refractivity contribution in [3.63, 3.8) is 0 Å². The first-order valence-corrected chi connectivity index (χ1v) is 8.76. The number of carbonyl (C=O) groups excluding carboxylic acids is 1. The molecule has 0 heterocycles. The predicted molar refractivity (Wildman–Crippen MR) is 85.4 cm³/mol. The Bertz CT molecular complexity index is 458. The monoisotopic (exact) mass is 340 g/mol. The Hall–Kier alpha value is -1.05. The normalized spacial score (nSPS) is 13.9. The summed E-state index contributed by atoms with van der Waals surface area (Å²) in [5, 5.41) is 0. The fourth-order valence-electron chi connectivity index (χ4n) is 1.65. The summed E-state index contributed by atoms with van der Waals surface area (Å²) in [5.41, 5.74) is 0.841. The molecule has 20 heavy (non-hydrogen) atoms. The molecule has 0 N–H and O–H groups in total. The fourth-order valence-corrected chi connectivity index (χ4v) is 4.23. The van der Waals surface area contributed by atoms with E-state index in [9.17, 15) is 4.79 Å². The minimum absolute atomic E-state index is 0.129. The van der Waals surface area contributed by atoms with E-state index in [2.05, 4.69) is 51.1 Å². The number of benzene rings is 1. The molecule has 1 atom stereocenters. The molecule has 0 aliphatic heterocycles. The van der Waals surface area contributed by atoms with Crippen molar-refractivity contribution < 1.29 is 9.53 Å². The third-order valence-electron chi connectivity index (χ3n) is 2.86. The van der Waals surface area contributed by atoms with Crippen LogP contribution in [0, 0.1) is 5.41 Å². The molecule has 0 bridgehead atoms. The second-order valence-corrected chi connectivity index (χ2v) is 8.34. The van der Waals surface area contributed by atoms with E-state index in [0.29, 0.717) is 32.0 Å². The van der Waals surface area contributed by atoms with Crippen LogP contribution in [0.15, 0.2) is 42.0 Å². The summed E-state index contributed by atoms with van der Waals surface area (Å²) in [5.74, 6) is -0.203. The molecule has 2 nitrogen and oxygen atoms in total. The Morgan fingerprint density at radius 1 is 1.30 bits per heavy atom. The van der Waals surface area contributed by atoms with E-state index in [-0.39, 0.29) is 11.4 Å². The van der Waals surface area contributed by atoms with Crippen molar-refractivity contribution in [3.8, 4) is 0 Å². The molecule has 0 aliphatic carbocycles. The molecule has 110 valence electrons. The first kappa shape index (κ1) is 17.0. The summed E-state index contributed by atoms with van der Waals surface area (Å²) in [7, 11) is 0. The zero-order valence-electron chi connectivity index (χ0n) is 13.0. The van der Waals surface area contributed by atoms with Crippen molar-refractivity contribution in [2.24, 2.45) is 5.41 Å². The van der Waals surface area contributed by atoms with Gasteiger partial charge in [0, 0.05) is 0 Å². The molecule has 0 saturated carbocycles. The molecule has 0 aromatic heterocycles. The maximum atomic E-state index is 11.8. The van der Waals surface area contributed by atoms with Gasteiger partial charge in [0.05, 0.1) is 0 Å². The molecule has 1 aromatic rings. The van der Waals surface area contributed by atoms with Gasteiger partial charge >= 0.3 is 128 Å². The van der Waals surface area contributed by atoms with Gasteiger partial charge in [-0.25, -0.2) is 0 Å². The van der Waals surface area contributed by atoms with Crippen molar-refractivity contribution >= 4 is 25.4 Å². The maximum absolute atomic E-state index is 11.8. The van der Waals surface area contributed by atoms with Crippen molar-refractivity contribution in [1.29, 1.82) is 0 Å². The van der Waals surface area contributed by atoms with Gasteiger partial charge in [-0.3, -0.25) is 0 Å². The van der Waals surface area contributed by atoms with E-state index < -0.39 is 0 Å². The van der Waals surface area contributed by atoms with E-state index in [1.165, 1.54) is 4.46 Å². The average Bonchev–Trinajstić information content (AvgIpc) is 2.38. The van der Waals surface area contributed by atoms with Crippen LogP contribution in [-0.4, -0.2) is 27.5 Å². The van der Waals surface area contributed by atoms with E-state index in [4.69, 9.17) is 4.74 Å². The van der Waals surface area contributed by atoms with Crippen molar-refractivity contribution in [2.45, 2.75) is 39.4 Å². The first-order chi connectivity index (χ1) is 9.34. The zero-order chi connectivity index (χ0) is 15.2. The zero-order valence-corrected chi connectivity index (χ0v) is 14.7. The number of rotatable bonds is 5. The van der Waals surface area contributed by atoms with E-state index in [0.717, 1.165) is 0 Å². The van der Waals surface area contributed by atoms with Gasteiger partial charge in [0.25, 0.3) is 0 Å². The van der Waals surface area contributed by atoms with Crippen LogP contribution in [0.2, 0.25) is 4.82 Å². The second kappa shape index (κ2) is 7.66. The predicted octanol–water partition coefficient (Wildman–Crippen LogP) is 3.36. The van der Waals surface area contributed by atoms with Crippen molar-refractivity contribution in [2.75, 3.05) is 6.61 Å². The Kier molecular flexibility index (Phi) is 6.51.